The summed E-state index contributed by atoms with van der Waals surface area (Å²) in [4.78, 5) is 11.9. The van der Waals surface area contributed by atoms with Gasteiger partial charge in [0.2, 0.25) is 0 Å². The van der Waals surface area contributed by atoms with E-state index < -0.39 is 10.8 Å². The van der Waals surface area contributed by atoms with Crippen LogP contribution >= 0.6 is 11.6 Å². The first-order chi connectivity index (χ1) is 8.22. The molecule has 0 saturated carbocycles. The second-order valence-corrected chi connectivity index (χ2v) is 5.27. The maximum absolute atomic E-state index is 12.2. The molecule has 17 heavy (non-hydrogen) atoms. The van der Waals surface area contributed by atoms with Crippen LogP contribution in [0.25, 0.3) is 0 Å². The van der Waals surface area contributed by atoms with E-state index in [1.807, 2.05) is 18.2 Å². The molecule has 2 nitrogen and oxygen atoms in total. The van der Waals surface area contributed by atoms with Crippen molar-refractivity contribution in [2.45, 2.75) is 9.79 Å². The highest BCUT2D eigenvalue weighted by Crippen LogP contribution is 2.22. The molecule has 0 aromatic heterocycles. The van der Waals surface area contributed by atoms with Gasteiger partial charge in [0.15, 0.2) is 6.29 Å². The Morgan fingerprint density at radius 1 is 1.00 bits per heavy atom. The van der Waals surface area contributed by atoms with Crippen molar-refractivity contribution in [3.63, 3.8) is 0 Å². The molecule has 86 valence electrons. The normalized spacial score (nSPS) is 12.1. The number of hydrogen-bond acceptors (Lipinski definition) is 2. The summed E-state index contributed by atoms with van der Waals surface area (Å²) in [5.74, 6) is 0. The molecule has 2 aromatic rings. The highest BCUT2D eigenvalue weighted by atomic mass is 35.5. The fourth-order valence-corrected chi connectivity index (χ4v) is 2.78. The zero-order chi connectivity index (χ0) is 12.3. The summed E-state index contributed by atoms with van der Waals surface area (Å²) >= 11 is 5.90. The minimum atomic E-state index is -1.27. The van der Waals surface area contributed by atoms with Gasteiger partial charge in [-0.05, 0) is 30.3 Å². The topological polar surface area (TPSA) is 34.1 Å². The number of benzene rings is 2. The molecule has 0 bridgehead atoms. The average molecular weight is 265 g/mol. The third-order valence-electron chi connectivity index (χ3n) is 2.27. The highest BCUT2D eigenvalue weighted by Gasteiger charge is 2.08. The van der Waals surface area contributed by atoms with Gasteiger partial charge in [-0.25, -0.2) is 4.21 Å². The van der Waals surface area contributed by atoms with Crippen LogP contribution in [0.2, 0.25) is 5.02 Å². The zero-order valence-corrected chi connectivity index (χ0v) is 10.4. The third kappa shape index (κ3) is 2.62. The van der Waals surface area contributed by atoms with Crippen LogP contribution in [0.4, 0.5) is 0 Å². The fraction of sp³-hybridized carbons (Fsp3) is 0. The van der Waals surface area contributed by atoms with E-state index in [0.717, 1.165) is 0 Å². The summed E-state index contributed by atoms with van der Waals surface area (Å²) < 4.78 is 12.2. The van der Waals surface area contributed by atoms with Crippen LogP contribution in [-0.2, 0) is 10.8 Å². The van der Waals surface area contributed by atoms with E-state index >= 15 is 0 Å². The molecule has 0 aliphatic carbocycles. The monoisotopic (exact) mass is 264 g/mol. The lowest BCUT2D eigenvalue weighted by Gasteiger charge is -2.03. The molecule has 4 heteroatoms. The molecule has 0 amide bonds. The Labute approximate surface area is 107 Å². The molecule has 2 rings (SSSR count). The van der Waals surface area contributed by atoms with Gasteiger partial charge in [-0.1, -0.05) is 29.8 Å². The van der Waals surface area contributed by atoms with Crippen molar-refractivity contribution in [1.29, 1.82) is 0 Å². The minimum Gasteiger partial charge on any atom is -0.298 e. The molecular formula is C13H9ClO2S. The molecule has 0 N–H and O–H groups in total. The first-order valence-electron chi connectivity index (χ1n) is 4.94. The van der Waals surface area contributed by atoms with E-state index in [0.29, 0.717) is 26.7 Å². The first-order valence-corrected chi connectivity index (χ1v) is 6.46. The van der Waals surface area contributed by atoms with Crippen LogP contribution in [0.1, 0.15) is 10.4 Å². The van der Waals surface area contributed by atoms with Crippen LogP contribution in [-0.4, -0.2) is 10.5 Å². The van der Waals surface area contributed by atoms with Crippen LogP contribution in [0.3, 0.4) is 0 Å². The molecule has 0 aliphatic rings. The maximum Gasteiger partial charge on any atom is 0.151 e. The Morgan fingerprint density at radius 3 is 2.29 bits per heavy atom. The summed E-state index contributed by atoms with van der Waals surface area (Å²) in [6.45, 7) is 0. The van der Waals surface area contributed by atoms with Gasteiger partial charge in [-0.2, -0.15) is 0 Å². The quantitative estimate of drug-likeness (QED) is 0.797. The summed E-state index contributed by atoms with van der Waals surface area (Å²) in [5.41, 5.74) is 0.403. The molecule has 1 atom stereocenters. The van der Waals surface area contributed by atoms with E-state index in [1.54, 1.807) is 30.3 Å². The number of rotatable bonds is 3. The second kappa shape index (κ2) is 5.25. The SMILES string of the molecule is O=Cc1ccc(S(=O)c2ccccc2)cc1Cl. The smallest absolute Gasteiger partial charge is 0.151 e. The minimum absolute atomic E-state index is 0.321. The van der Waals surface area contributed by atoms with E-state index in [9.17, 15) is 9.00 Å². The Balaban J connectivity index is 2.39. The van der Waals surface area contributed by atoms with Crippen molar-refractivity contribution in [2.24, 2.45) is 0 Å². The molecule has 0 heterocycles. The van der Waals surface area contributed by atoms with Crippen molar-refractivity contribution in [1.82, 2.24) is 0 Å². The molecule has 1 unspecified atom stereocenters. The van der Waals surface area contributed by atoms with Crippen LogP contribution in [0.5, 0.6) is 0 Å². The Kier molecular flexibility index (Phi) is 3.71. The highest BCUT2D eigenvalue weighted by molar-refractivity contribution is 7.85. The summed E-state index contributed by atoms with van der Waals surface area (Å²) in [6.07, 6.45) is 0.678. The fourth-order valence-electron chi connectivity index (χ4n) is 1.40. The predicted octanol–water partition coefficient (Wildman–Crippen LogP) is 3.32. The lowest BCUT2D eigenvalue weighted by Crippen LogP contribution is -1.93. The van der Waals surface area contributed by atoms with Gasteiger partial charge >= 0.3 is 0 Å². The van der Waals surface area contributed by atoms with Gasteiger partial charge in [0.25, 0.3) is 0 Å². The Bertz CT molecular complexity index is 567. The van der Waals surface area contributed by atoms with Crippen LogP contribution < -0.4 is 0 Å². The maximum atomic E-state index is 12.2. The standard InChI is InChI=1S/C13H9ClO2S/c14-13-8-12(7-6-10(13)9-15)17(16)11-4-2-1-3-5-11/h1-9H. The van der Waals surface area contributed by atoms with Crippen LogP contribution in [0.15, 0.2) is 58.3 Å². The van der Waals surface area contributed by atoms with E-state index in [2.05, 4.69) is 0 Å². The average Bonchev–Trinajstić information content (AvgIpc) is 2.39. The van der Waals surface area contributed by atoms with Gasteiger partial charge in [-0.15, -0.1) is 0 Å². The zero-order valence-electron chi connectivity index (χ0n) is 8.80. The number of halogens is 1. The van der Waals surface area contributed by atoms with Gasteiger partial charge in [-0.3, -0.25) is 4.79 Å². The number of aldehydes is 1. The van der Waals surface area contributed by atoms with Crippen molar-refractivity contribution < 1.29 is 9.00 Å². The number of carbonyl (C=O) groups is 1. The lowest BCUT2D eigenvalue weighted by atomic mass is 10.2. The van der Waals surface area contributed by atoms with Crippen molar-refractivity contribution in [2.75, 3.05) is 0 Å². The Morgan fingerprint density at radius 2 is 1.71 bits per heavy atom. The van der Waals surface area contributed by atoms with Gasteiger partial charge in [0, 0.05) is 15.4 Å². The predicted molar refractivity (Wildman–Crippen MR) is 68.0 cm³/mol. The number of carbonyl (C=O) groups excluding carboxylic acids is 1. The van der Waals surface area contributed by atoms with Gasteiger partial charge in [0.05, 0.1) is 15.8 Å². The van der Waals surface area contributed by atoms with Gasteiger partial charge < -0.3 is 0 Å². The second-order valence-electron chi connectivity index (χ2n) is 3.38. The van der Waals surface area contributed by atoms with Gasteiger partial charge in [0.1, 0.15) is 0 Å². The molecule has 0 spiro atoms. The van der Waals surface area contributed by atoms with Crippen molar-refractivity contribution >= 4 is 28.7 Å². The molecular weight excluding hydrogens is 256 g/mol. The van der Waals surface area contributed by atoms with Crippen molar-refractivity contribution in [3.05, 3.63) is 59.1 Å². The van der Waals surface area contributed by atoms with E-state index in [1.165, 1.54) is 0 Å². The molecule has 0 saturated heterocycles. The molecule has 0 aliphatic heterocycles. The van der Waals surface area contributed by atoms with Crippen molar-refractivity contribution in [3.8, 4) is 0 Å². The van der Waals surface area contributed by atoms with E-state index in [-0.39, 0.29) is 0 Å². The number of hydrogen-bond donors (Lipinski definition) is 0. The molecule has 0 radical (unpaired) electrons. The molecule has 0 fully saturated rings. The third-order valence-corrected chi connectivity index (χ3v) is 3.98. The van der Waals surface area contributed by atoms with Crippen LogP contribution in [0, 0.1) is 0 Å². The first kappa shape index (κ1) is 12.0. The lowest BCUT2D eigenvalue weighted by molar-refractivity contribution is 0.112. The largest absolute Gasteiger partial charge is 0.298 e. The Hall–Kier alpha value is -1.45. The van der Waals surface area contributed by atoms with E-state index in [4.69, 9.17) is 11.6 Å². The summed E-state index contributed by atoms with van der Waals surface area (Å²) in [5, 5.41) is 0.321. The summed E-state index contributed by atoms with van der Waals surface area (Å²) in [6, 6.07) is 13.9. The summed E-state index contributed by atoms with van der Waals surface area (Å²) in [7, 11) is -1.27. The molecule has 2 aromatic carbocycles.